The summed E-state index contributed by atoms with van der Waals surface area (Å²) in [5.41, 5.74) is 5.96. The average molecular weight is 582 g/mol. The zero-order valence-electron chi connectivity index (χ0n) is 25.9. The van der Waals surface area contributed by atoms with Gasteiger partial charge in [0.05, 0.1) is 13.2 Å². The van der Waals surface area contributed by atoms with Crippen LogP contribution >= 0.6 is 0 Å². The second-order valence-electron chi connectivity index (χ2n) is 12.6. The first-order valence-corrected chi connectivity index (χ1v) is 13.8. The Balaban J connectivity index is 2.89. The maximum absolute atomic E-state index is 12.5. The molecule has 232 valence electrons. The van der Waals surface area contributed by atoms with Gasteiger partial charge in [-0.15, -0.1) is 0 Å². The van der Waals surface area contributed by atoms with Gasteiger partial charge in [0.25, 0.3) is 0 Å². The van der Waals surface area contributed by atoms with Gasteiger partial charge in [-0.3, -0.25) is 9.59 Å². The van der Waals surface area contributed by atoms with Gasteiger partial charge in [0.15, 0.2) is 11.5 Å². The summed E-state index contributed by atoms with van der Waals surface area (Å²) in [6, 6.07) is 3.31. The molecule has 1 aromatic rings. The van der Waals surface area contributed by atoms with Crippen LogP contribution in [-0.2, 0) is 35.0 Å². The molecule has 0 aliphatic carbocycles. The molecular formula is C30H47NO10. The van der Waals surface area contributed by atoms with Gasteiger partial charge in [-0.05, 0) is 47.8 Å². The van der Waals surface area contributed by atoms with Crippen LogP contribution in [0.1, 0.15) is 80.7 Å². The summed E-state index contributed by atoms with van der Waals surface area (Å²) in [5.74, 6) is -1.05. The largest absolute Gasteiger partial charge is 0.513 e. The molecule has 0 spiro atoms. The Morgan fingerprint density at radius 2 is 1.37 bits per heavy atom. The van der Waals surface area contributed by atoms with Gasteiger partial charge in [0.1, 0.15) is 18.8 Å². The van der Waals surface area contributed by atoms with Gasteiger partial charge in [-0.2, -0.15) is 0 Å². The lowest BCUT2D eigenvalue weighted by molar-refractivity contribution is -0.159. The second-order valence-corrected chi connectivity index (χ2v) is 12.6. The predicted molar refractivity (Wildman–Crippen MR) is 152 cm³/mol. The van der Waals surface area contributed by atoms with Crippen LogP contribution in [0.2, 0.25) is 0 Å². The van der Waals surface area contributed by atoms with Crippen molar-refractivity contribution in [2.24, 2.45) is 22.5 Å². The molecule has 0 aliphatic rings. The van der Waals surface area contributed by atoms with Crippen molar-refractivity contribution in [3.63, 3.8) is 0 Å². The predicted octanol–water partition coefficient (Wildman–Crippen LogP) is 5.59. The Morgan fingerprint density at radius 3 is 1.88 bits per heavy atom. The summed E-state index contributed by atoms with van der Waals surface area (Å²) >= 11 is 0. The summed E-state index contributed by atoms with van der Waals surface area (Å²) in [7, 11) is 0. The van der Waals surface area contributed by atoms with Crippen molar-refractivity contribution < 1.29 is 47.6 Å². The number of esters is 2. The van der Waals surface area contributed by atoms with E-state index < -0.39 is 30.4 Å². The number of hydrogen-bond acceptors (Lipinski definition) is 11. The van der Waals surface area contributed by atoms with Crippen molar-refractivity contribution in [2.75, 3.05) is 19.8 Å². The summed E-state index contributed by atoms with van der Waals surface area (Å²) in [4.78, 5) is 49.0. The van der Waals surface area contributed by atoms with E-state index in [2.05, 4.69) is 0 Å². The van der Waals surface area contributed by atoms with E-state index in [-0.39, 0.29) is 66.9 Å². The molecule has 1 rings (SSSR count). The lowest BCUT2D eigenvalue weighted by Gasteiger charge is -2.19. The highest BCUT2D eigenvalue weighted by molar-refractivity contribution is 5.76. The standard InChI is InChI=1S/C30H47NO10/c1-10-19(2)13-25(32)39-20(3)16-36-26(33)22(31)14-21-11-12-23(40-27(34)37-17-29(4,5)6)24(15-21)41-28(35)38-18-30(7,8)9/h11-12,15,19-20,22H,10,13-14,16-18,31H2,1-9H3/t19?,20-,22-/m0/s1. The monoisotopic (exact) mass is 581 g/mol. The fourth-order valence-electron chi connectivity index (χ4n) is 3.01. The van der Waals surface area contributed by atoms with Crippen molar-refractivity contribution in [3.05, 3.63) is 23.8 Å². The molecule has 11 nitrogen and oxygen atoms in total. The highest BCUT2D eigenvalue weighted by atomic mass is 16.7. The fraction of sp³-hybridized carbons (Fsp3) is 0.667. The van der Waals surface area contributed by atoms with Crippen molar-refractivity contribution in [1.29, 1.82) is 0 Å². The number of carbonyl (C=O) groups excluding carboxylic acids is 4. The Bertz CT molecular complexity index is 1030. The number of benzene rings is 1. The lowest BCUT2D eigenvalue weighted by Crippen LogP contribution is -2.36. The molecule has 3 atom stereocenters. The van der Waals surface area contributed by atoms with Gasteiger partial charge >= 0.3 is 24.2 Å². The van der Waals surface area contributed by atoms with E-state index in [1.54, 1.807) is 13.0 Å². The van der Waals surface area contributed by atoms with Crippen LogP contribution in [0.15, 0.2) is 18.2 Å². The molecule has 0 radical (unpaired) electrons. The minimum atomic E-state index is -1.07. The van der Waals surface area contributed by atoms with Gasteiger partial charge in [-0.25, -0.2) is 9.59 Å². The molecule has 0 aliphatic heterocycles. The first kappa shape index (κ1) is 35.7. The normalized spacial score (nSPS) is 13.8. The van der Waals surface area contributed by atoms with Crippen molar-refractivity contribution >= 4 is 24.2 Å². The third kappa shape index (κ3) is 15.9. The van der Waals surface area contributed by atoms with Gasteiger partial charge in [0, 0.05) is 6.42 Å². The Labute approximate surface area is 243 Å². The molecule has 0 saturated carbocycles. The fourth-order valence-corrected chi connectivity index (χ4v) is 3.01. The van der Waals surface area contributed by atoms with Crippen LogP contribution in [0, 0.1) is 16.7 Å². The molecule has 0 saturated heterocycles. The molecule has 1 aromatic carbocycles. The topological polar surface area (TPSA) is 150 Å². The summed E-state index contributed by atoms with van der Waals surface area (Å²) in [6.07, 6.45) is -1.44. The summed E-state index contributed by atoms with van der Waals surface area (Å²) < 4.78 is 31.4. The first-order valence-electron chi connectivity index (χ1n) is 13.8. The average Bonchev–Trinajstić information content (AvgIpc) is 2.85. The Morgan fingerprint density at radius 1 is 0.829 bits per heavy atom. The van der Waals surface area contributed by atoms with E-state index in [0.29, 0.717) is 5.56 Å². The van der Waals surface area contributed by atoms with Crippen LogP contribution in [0.5, 0.6) is 11.5 Å². The van der Waals surface area contributed by atoms with E-state index in [4.69, 9.17) is 34.2 Å². The van der Waals surface area contributed by atoms with Gasteiger partial charge < -0.3 is 34.2 Å². The van der Waals surface area contributed by atoms with Crippen LogP contribution in [0.25, 0.3) is 0 Å². The molecule has 1 unspecified atom stereocenters. The number of hydrogen-bond donors (Lipinski definition) is 1. The van der Waals surface area contributed by atoms with Crippen molar-refractivity contribution in [3.8, 4) is 11.5 Å². The Kier molecular flexibility index (Phi) is 14.1. The summed E-state index contributed by atoms with van der Waals surface area (Å²) in [5, 5.41) is 0. The molecule has 0 bridgehead atoms. The minimum absolute atomic E-state index is 0.0170. The van der Waals surface area contributed by atoms with Crippen LogP contribution in [-0.4, -0.2) is 56.2 Å². The molecule has 0 amide bonds. The highest BCUT2D eigenvalue weighted by Gasteiger charge is 2.23. The van der Waals surface area contributed by atoms with Gasteiger partial charge in [-0.1, -0.05) is 67.9 Å². The lowest BCUT2D eigenvalue weighted by atomic mass is 9.99. The molecule has 11 heteroatoms. The summed E-state index contributed by atoms with van der Waals surface area (Å²) in [6.45, 7) is 17.0. The maximum Gasteiger partial charge on any atom is 0.513 e. The van der Waals surface area contributed by atoms with Crippen LogP contribution < -0.4 is 15.2 Å². The van der Waals surface area contributed by atoms with E-state index in [9.17, 15) is 19.2 Å². The molecule has 0 heterocycles. The number of nitrogens with two attached hydrogens (primary N) is 1. The smallest absolute Gasteiger partial charge is 0.461 e. The van der Waals surface area contributed by atoms with Crippen LogP contribution in [0.4, 0.5) is 9.59 Å². The second kappa shape index (κ2) is 16.2. The molecule has 41 heavy (non-hydrogen) atoms. The van der Waals surface area contributed by atoms with E-state index >= 15 is 0 Å². The SMILES string of the molecule is CCC(C)CC(=O)O[C@@H](C)COC(=O)[C@@H](N)Cc1ccc(OC(=O)OCC(C)(C)C)c(OC(=O)OCC(C)(C)C)c1. The quantitative estimate of drug-likeness (QED) is 0.176. The van der Waals surface area contributed by atoms with E-state index in [1.807, 2.05) is 55.4 Å². The number of ether oxygens (including phenoxy) is 6. The van der Waals surface area contributed by atoms with Crippen molar-refractivity contribution in [1.82, 2.24) is 0 Å². The van der Waals surface area contributed by atoms with E-state index in [1.165, 1.54) is 12.1 Å². The minimum Gasteiger partial charge on any atom is -0.461 e. The number of carbonyl (C=O) groups is 4. The van der Waals surface area contributed by atoms with Crippen molar-refractivity contribution in [2.45, 2.75) is 93.7 Å². The Hall–Kier alpha value is -3.34. The third-order valence-electron chi connectivity index (χ3n) is 5.40. The molecule has 0 aromatic heterocycles. The highest BCUT2D eigenvalue weighted by Crippen LogP contribution is 2.30. The number of rotatable bonds is 13. The van der Waals surface area contributed by atoms with Crippen LogP contribution in [0.3, 0.4) is 0 Å². The zero-order chi connectivity index (χ0) is 31.4. The maximum atomic E-state index is 12.5. The van der Waals surface area contributed by atoms with E-state index in [0.717, 1.165) is 6.42 Å². The zero-order valence-corrected chi connectivity index (χ0v) is 25.9. The molecule has 2 N–H and O–H groups in total. The molecular weight excluding hydrogens is 534 g/mol. The third-order valence-corrected chi connectivity index (χ3v) is 5.40. The first-order chi connectivity index (χ1) is 18.9. The van der Waals surface area contributed by atoms with Gasteiger partial charge in [0.2, 0.25) is 0 Å². The molecule has 0 fully saturated rings.